The number of fused-ring (bicyclic) bond motifs is 1. The molecule has 2 aliphatic rings. The first-order valence-corrected chi connectivity index (χ1v) is 7.44. The van der Waals surface area contributed by atoms with Crippen LogP contribution in [0.15, 0.2) is 18.2 Å². The summed E-state index contributed by atoms with van der Waals surface area (Å²) in [5.41, 5.74) is 2.91. The zero-order valence-corrected chi connectivity index (χ0v) is 11.6. The van der Waals surface area contributed by atoms with Crippen molar-refractivity contribution in [3.63, 3.8) is 0 Å². The lowest BCUT2D eigenvalue weighted by molar-refractivity contribution is 0.0955. The average Bonchev–Trinajstić information content (AvgIpc) is 2.86. The molecule has 0 saturated heterocycles. The van der Waals surface area contributed by atoms with Gasteiger partial charge in [0, 0.05) is 0 Å². The maximum absolute atomic E-state index is 9.25. The zero-order chi connectivity index (χ0) is 13.2. The smallest absolute Gasteiger partial charge is 0.120 e. The number of rotatable bonds is 2. The molecular formula is C17H21NO. The number of nitrogens with zero attached hydrogens (tertiary/aromatic N) is 1. The molecule has 0 N–H and O–H groups in total. The van der Waals surface area contributed by atoms with E-state index in [1.54, 1.807) is 0 Å². The SMILES string of the molecule is CC1CCC(C#N)C(Oc2ccc3c(c2)CCC3)C1. The van der Waals surface area contributed by atoms with Gasteiger partial charge in [-0.25, -0.2) is 0 Å². The summed E-state index contributed by atoms with van der Waals surface area (Å²) >= 11 is 0. The van der Waals surface area contributed by atoms with Crippen LogP contribution in [-0.4, -0.2) is 6.10 Å². The molecule has 0 amide bonds. The molecule has 0 bridgehead atoms. The molecule has 19 heavy (non-hydrogen) atoms. The Morgan fingerprint density at radius 1 is 1.21 bits per heavy atom. The zero-order valence-electron chi connectivity index (χ0n) is 11.6. The third-order valence-corrected chi connectivity index (χ3v) is 4.58. The van der Waals surface area contributed by atoms with Gasteiger partial charge in [0.2, 0.25) is 0 Å². The van der Waals surface area contributed by atoms with Gasteiger partial charge >= 0.3 is 0 Å². The predicted octanol–water partition coefficient (Wildman–Crippen LogP) is 3.88. The van der Waals surface area contributed by atoms with Crippen molar-refractivity contribution in [2.75, 3.05) is 0 Å². The Morgan fingerprint density at radius 3 is 2.89 bits per heavy atom. The van der Waals surface area contributed by atoms with Crippen molar-refractivity contribution in [2.45, 2.75) is 51.6 Å². The molecule has 100 valence electrons. The van der Waals surface area contributed by atoms with E-state index in [-0.39, 0.29) is 12.0 Å². The van der Waals surface area contributed by atoms with Gasteiger partial charge in [0.1, 0.15) is 11.9 Å². The fraction of sp³-hybridized carbons (Fsp3) is 0.588. The summed E-state index contributed by atoms with van der Waals surface area (Å²) in [6.45, 7) is 2.26. The van der Waals surface area contributed by atoms with E-state index in [0.717, 1.165) is 25.0 Å². The van der Waals surface area contributed by atoms with Crippen molar-refractivity contribution >= 4 is 0 Å². The van der Waals surface area contributed by atoms with E-state index in [1.165, 1.54) is 30.4 Å². The Morgan fingerprint density at radius 2 is 2.05 bits per heavy atom. The van der Waals surface area contributed by atoms with Crippen molar-refractivity contribution in [3.05, 3.63) is 29.3 Å². The third-order valence-electron chi connectivity index (χ3n) is 4.58. The van der Waals surface area contributed by atoms with E-state index in [1.807, 2.05) is 0 Å². The molecule has 1 aromatic carbocycles. The molecule has 1 aromatic rings. The van der Waals surface area contributed by atoms with Crippen molar-refractivity contribution < 1.29 is 4.74 Å². The summed E-state index contributed by atoms with van der Waals surface area (Å²) in [4.78, 5) is 0. The Labute approximate surface area is 115 Å². The van der Waals surface area contributed by atoms with Gasteiger partial charge in [-0.05, 0) is 67.7 Å². The van der Waals surface area contributed by atoms with Crippen LogP contribution in [0.2, 0.25) is 0 Å². The molecule has 3 unspecified atom stereocenters. The number of nitriles is 1. The van der Waals surface area contributed by atoms with Crippen LogP contribution in [0.4, 0.5) is 0 Å². The van der Waals surface area contributed by atoms with Gasteiger partial charge in [-0.1, -0.05) is 13.0 Å². The molecule has 2 nitrogen and oxygen atoms in total. The molecule has 0 aliphatic heterocycles. The van der Waals surface area contributed by atoms with Crippen molar-refractivity contribution in [1.29, 1.82) is 5.26 Å². The van der Waals surface area contributed by atoms with Crippen LogP contribution in [0.3, 0.4) is 0 Å². The summed E-state index contributed by atoms with van der Waals surface area (Å²) in [6.07, 6.45) is 6.87. The van der Waals surface area contributed by atoms with Crippen LogP contribution in [0.25, 0.3) is 0 Å². The first-order valence-electron chi connectivity index (χ1n) is 7.44. The first kappa shape index (κ1) is 12.5. The van der Waals surface area contributed by atoms with Crippen molar-refractivity contribution in [1.82, 2.24) is 0 Å². The lowest BCUT2D eigenvalue weighted by atomic mass is 9.81. The minimum Gasteiger partial charge on any atom is -0.489 e. The maximum atomic E-state index is 9.25. The summed E-state index contributed by atoms with van der Waals surface area (Å²) in [7, 11) is 0. The van der Waals surface area contributed by atoms with Crippen molar-refractivity contribution in [2.24, 2.45) is 11.8 Å². The highest BCUT2D eigenvalue weighted by Gasteiger charge is 2.30. The highest BCUT2D eigenvalue weighted by molar-refractivity contribution is 5.38. The van der Waals surface area contributed by atoms with Crippen LogP contribution in [0.5, 0.6) is 5.75 Å². The van der Waals surface area contributed by atoms with E-state index in [9.17, 15) is 5.26 Å². The minimum atomic E-state index is 0.0597. The highest BCUT2D eigenvalue weighted by Crippen LogP contribution is 2.33. The lowest BCUT2D eigenvalue weighted by Crippen LogP contribution is -2.32. The highest BCUT2D eigenvalue weighted by atomic mass is 16.5. The van der Waals surface area contributed by atoms with Gasteiger partial charge in [-0.3, -0.25) is 0 Å². The maximum Gasteiger partial charge on any atom is 0.120 e. The number of benzene rings is 1. The number of hydrogen-bond donors (Lipinski definition) is 0. The molecule has 3 atom stereocenters. The Kier molecular flexibility index (Phi) is 3.46. The number of hydrogen-bond acceptors (Lipinski definition) is 2. The van der Waals surface area contributed by atoms with Crippen LogP contribution in [0.1, 0.15) is 43.7 Å². The molecule has 2 aliphatic carbocycles. The fourth-order valence-corrected chi connectivity index (χ4v) is 3.40. The molecular weight excluding hydrogens is 234 g/mol. The molecule has 0 aromatic heterocycles. The normalized spacial score (nSPS) is 29.6. The average molecular weight is 255 g/mol. The van der Waals surface area contributed by atoms with Crippen LogP contribution < -0.4 is 4.74 Å². The van der Waals surface area contributed by atoms with E-state index in [2.05, 4.69) is 31.2 Å². The van der Waals surface area contributed by atoms with Crippen molar-refractivity contribution in [3.8, 4) is 11.8 Å². The molecule has 0 radical (unpaired) electrons. The quantitative estimate of drug-likeness (QED) is 0.803. The Bertz CT molecular complexity index is 502. The van der Waals surface area contributed by atoms with E-state index in [0.29, 0.717) is 5.92 Å². The fourth-order valence-electron chi connectivity index (χ4n) is 3.40. The van der Waals surface area contributed by atoms with Gasteiger partial charge in [-0.15, -0.1) is 0 Å². The van der Waals surface area contributed by atoms with E-state index in [4.69, 9.17) is 4.74 Å². The first-order chi connectivity index (χ1) is 9.26. The molecule has 0 heterocycles. The monoisotopic (exact) mass is 255 g/mol. The lowest BCUT2D eigenvalue weighted by Gasteiger charge is -2.31. The van der Waals surface area contributed by atoms with E-state index >= 15 is 0 Å². The molecule has 3 rings (SSSR count). The standard InChI is InChI=1S/C17H21NO/c1-12-5-6-15(11-18)17(9-12)19-16-8-7-13-3-2-4-14(13)10-16/h7-8,10,12,15,17H,2-6,9H2,1H3. The number of ether oxygens (including phenoxy) is 1. The predicted molar refractivity (Wildman–Crippen MR) is 75.0 cm³/mol. The second-order valence-electron chi connectivity index (χ2n) is 6.09. The van der Waals surface area contributed by atoms with Crippen LogP contribution in [-0.2, 0) is 12.8 Å². The second-order valence-corrected chi connectivity index (χ2v) is 6.09. The summed E-state index contributed by atoms with van der Waals surface area (Å²) in [6, 6.07) is 8.89. The van der Waals surface area contributed by atoms with Crippen LogP contribution in [0, 0.1) is 23.2 Å². The third kappa shape index (κ3) is 2.61. The van der Waals surface area contributed by atoms with Gasteiger partial charge in [-0.2, -0.15) is 5.26 Å². The number of aryl methyl sites for hydroxylation is 2. The summed E-state index contributed by atoms with van der Waals surface area (Å²) in [5.74, 6) is 1.69. The molecule has 1 saturated carbocycles. The summed E-state index contributed by atoms with van der Waals surface area (Å²) < 4.78 is 6.13. The topological polar surface area (TPSA) is 33.0 Å². The molecule has 2 heteroatoms. The molecule has 1 fully saturated rings. The molecule has 0 spiro atoms. The summed E-state index contributed by atoms with van der Waals surface area (Å²) in [5, 5.41) is 9.25. The van der Waals surface area contributed by atoms with Crippen LogP contribution >= 0.6 is 0 Å². The van der Waals surface area contributed by atoms with Gasteiger partial charge in [0.05, 0.1) is 12.0 Å². The minimum absolute atomic E-state index is 0.0597. The van der Waals surface area contributed by atoms with E-state index < -0.39 is 0 Å². The van der Waals surface area contributed by atoms with Gasteiger partial charge in [0.15, 0.2) is 0 Å². The van der Waals surface area contributed by atoms with Gasteiger partial charge < -0.3 is 4.74 Å². The second kappa shape index (κ2) is 5.25. The Balaban J connectivity index is 1.74. The van der Waals surface area contributed by atoms with Gasteiger partial charge in [0.25, 0.3) is 0 Å². The largest absolute Gasteiger partial charge is 0.489 e. The Hall–Kier alpha value is -1.49.